The molecule has 0 radical (unpaired) electrons. The number of nitrogens with zero attached hydrogens (tertiary/aromatic N) is 1. The first-order valence-corrected chi connectivity index (χ1v) is 38.6. The lowest BCUT2D eigenvalue weighted by Gasteiger charge is -2.24. The molecule has 9 nitrogen and oxygen atoms in total. The van der Waals surface area contributed by atoms with Crippen LogP contribution in [0.4, 0.5) is 0 Å². The van der Waals surface area contributed by atoms with E-state index in [9.17, 15) is 19.0 Å². The first-order chi connectivity index (χ1) is 41.0. The molecule has 0 aliphatic rings. The van der Waals surface area contributed by atoms with Crippen LogP contribution in [0.15, 0.2) is 24.3 Å². The summed E-state index contributed by atoms with van der Waals surface area (Å²) in [6.07, 6.45) is 83.1. The third-order valence-electron chi connectivity index (χ3n) is 17.0. The van der Waals surface area contributed by atoms with E-state index in [0.29, 0.717) is 17.4 Å². The minimum atomic E-state index is -4.39. The Balaban J connectivity index is 3.89. The van der Waals surface area contributed by atoms with Gasteiger partial charge in [0.2, 0.25) is 0 Å². The van der Waals surface area contributed by atoms with E-state index in [-0.39, 0.29) is 25.6 Å². The minimum Gasteiger partial charge on any atom is -0.462 e. The Morgan fingerprint density at radius 3 is 0.940 bits per heavy atom. The molecule has 0 bridgehead atoms. The van der Waals surface area contributed by atoms with Gasteiger partial charge in [-0.15, -0.1) is 0 Å². The predicted octanol–water partition coefficient (Wildman–Crippen LogP) is 24.1. The Morgan fingerprint density at radius 2 is 0.643 bits per heavy atom. The maximum Gasteiger partial charge on any atom is 0.472 e. The van der Waals surface area contributed by atoms with Crippen LogP contribution in [0.2, 0.25) is 0 Å². The van der Waals surface area contributed by atoms with Crippen LogP contribution in [0.25, 0.3) is 0 Å². The molecule has 0 fully saturated rings. The molecular weight excluding hydrogens is 1060 g/mol. The fraction of sp³-hybridized carbons (Fsp3) is 0.919. The van der Waals surface area contributed by atoms with Crippen molar-refractivity contribution in [1.29, 1.82) is 0 Å². The molecule has 0 aliphatic carbocycles. The molecule has 2 atom stereocenters. The third-order valence-corrected chi connectivity index (χ3v) is 18.0. The number of hydrogen-bond acceptors (Lipinski definition) is 7. The average Bonchev–Trinajstić information content (AvgIpc) is 3.61. The standard InChI is InChI=1S/C74H144NO8P/c1-6-8-10-12-14-16-18-20-22-24-26-28-29-30-31-32-33-34-35-36-37-38-39-40-41-42-43-44-45-47-49-51-53-55-57-59-61-63-65-67-74(77)83-72(71-82-84(78,79)81-69-68-75(3,4)5)70-80-73(76)66-64-62-60-58-56-54-52-50-48-46-27-25-23-21-19-17-15-13-11-9-7-2/h18,20,24,26,72H,6-17,19,21-23,25,27-71H2,1-5H3/p+1/b20-18-,26-24-. The van der Waals surface area contributed by atoms with E-state index in [0.717, 1.165) is 44.9 Å². The molecule has 0 saturated carbocycles. The van der Waals surface area contributed by atoms with E-state index in [2.05, 4.69) is 38.2 Å². The van der Waals surface area contributed by atoms with Crippen LogP contribution < -0.4 is 0 Å². The Hall–Kier alpha value is -1.51. The maximum atomic E-state index is 12.9. The van der Waals surface area contributed by atoms with Crippen molar-refractivity contribution in [2.45, 2.75) is 392 Å². The number of phosphoric acid groups is 1. The van der Waals surface area contributed by atoms with E-state index in [4.69, 9.17) is 18.5 Å². The second-order valence-corrected chi connectivity index (χ2v) is 28.1. The van der Waals surface area contributed by atoms with Crippen molar-refractivity contribution in [1.82, 2.24) is 0 Å². The van der Waals surface area contributed by atoms with E-state index in [1.165, 1.54) is 315 Å². The zero-order valence-corrected chi connectivity index (χ0v) is 57.8. The number of quaternary nitrogens is 1. The number of ether oxygens (including phenoxy) is 2. The van der Waals surface area contributed by atoms with Crippen molar-refractivity contribution in [3.8, 4) is 0 Å². The zero-order valence-electron chi connectivity index (χ0n) is 56.9. The number of carbonyl (C=O) groups excluding carboxylic acids is 2. The van der Waals surface area contributed by atoms with Gasteiger partial charge in [-0.2, -0.15) is 0 Å². The smallest absolute Gasteiger partial charge is 0.462 e. The van der Waals surface area contributed by atoms with Gasteiger partial charge in [-0.1, -0.05) is 353 Å². The monoisotopic (exact) mass is 1210 g/mol. The van der Waals surface area contributed by atoms with Crippen LogP contribution in [0.3, 0.4) is 0 Å². The Bertz CT molecular complexity index is 1460. The summed E-state index contributed by atoms with van der Waals surface area (Å²) in [6, 6.07) is 0. The van der Waals surface area contributed by atoms with Gasteiger partial charge in [0.05, 0.1) is 27.7 Å². The highest BCUT2D eigenvalue weighted by Gasteiger charge is 2.27. The number of phosphoric ester groups is 1. The highest BCUT2D eigenvalue weighted by molar-refractivity contribution is 7.47. The maximum absolute atomic E-state index is 12.9. The SMILES string of the molecule is CCCCCCC/C=C\C/C=C\CCCCCCCCCCCCCCCCCCCCCCCCCCCCCC(=O)OC(COC(=O)CCCCCCCCCCCCCCCCCCCCCCC)COP(=O)(O)OCC[N+](C)(C)C. The molecule has 498 valence electrons. The minimum absolute atomic E-state index is 0.0365. The van der Waals surface area contributed by atoms with Crippen molar-refractivity contribution in [3.63, 3.8) is 0 Å². The topological polar surface area (TPSA) is 108 Å². The fourth-order valence-electron chi connectivity index (χ4n) is 11.3. The van der Waals surface area contributed by atoms with Crippen LogP contribution in [0.5, 0.6) is 0 Å². The predicted molar refractivity (Wildman–Crippen MR) is 363 cm³/mol. The number of unbranched alkanes of at least 4 members (excludes halogenated alkanes) is 52. The van der Waals surface area contributed by atoms with Crippen molar-refractivity contribution in [2.75, 3.05) is 47.5 Å². The summed E-state index contributed by atoms with van der Waals surface area (Å²) in [7, 11) is 1.50. The first kappa shape index (κ1) is 82.5. The number of esters is 2. The Morgan fingerprint density at radius 1 is 0.369 bits per heavy atom. The number of carbonyl (C=O) groups is 2. The van der Waals surface area contributed by atoms with Crippen LogP contribution >= 0.6 is 7.82 Å². The van der Waals surface area contributed by atoms with E-state index in [1.807, 2.05) is 21.1 Å². The summed E-state index contributed by atoms with van der Waals surface area (Å²) in [4.78, 5) is 35.9. The molecule has 0 aromatic heterocycles. The second-order valence-electron chi connectivity index (χ2n) is 26.7. The van der Waals surface area contributed by atoms with Crippen molar-refractivity contribution < 1.29 is 42.1 Å². The molecule has 2 unspecified atom stereocenters. The molecule has 0 aromatic carbocycles. The number of allylic oxidation sites excluding steroid dienone is 4. The molecule has 0 saturated heterocycles. The van der Waals surface area contributed by atoms with Crippen LogP contribution in [-0.2, 0) is 32.7 Å². The first-order valence-electron chi connectivity index (χ1n) is 37.1. The molecule has 0 aliphatic heterocycles. The van der Waals surface area contributed by atoms with Crippen molar-refractivity contribution in [3.05, 3.63) is 24.3 Å². The molecule has 0 spiro atoms. The van der Waals surface area contributed by atoms with Crippen molar-refractivity contribution in [2.24, 2.45) is 0 Å². The van der Waals surface area contributed by atoms with Crippen LogP contribution in [0, 0.1) is 0 Å². The van der Waals surface area contributed by atoms with Gasteiger partial charge in [-0.3, -0.25) is 18.6 Å². The second kappa shape index (κ2) is 65.9. The Labute approximate surface area is 523 Å². The summed E-state index contributed by atoms with van der Waals surface area (Å²) >= 11 is 0. The van der Waals surface area contributed by atoms with E-state index >= 15 is 0 Å². The molecule has 0 amide bonds. The lowest BCUT2D eigenvalue weighted by atomic mass is 10.0. The van der Waals surface area contributed by atoms with Crippen LogP contribution in [-0.4, -0.2) is 74.9 Å². The summed E-state index contributed by atoms with van der Waals surface area (Å²) < 4.78 is 34.8. The molecule has 0 rings (SSSR count). The number of hydrogen-bond donors (Lipinski definition) is 1. The molecule has 10 heteroatoms. The third kappa shape index (κ3) is 69.6. The largest absolute Gasteiger partial charge is 0.472 e. The van der Waals surface area contributed by atoms with Gasteiger partial charge < -0.3 is 18.9 Å². The van der Waals surface area contributed by atoms with Gasteiger partial charge in [0, 0.05) is 12.8 Å². The quantitative estimate of drug-likeness (QED) is 0.0211. The zero-order chi connectivity index (χ0) is 61.2. The normalized spacial score (nSPS) is 13.2. The molecule has 1 N–H and O–H groups in total. The summed E-state index contributed by atoms with van der Waals surface area (Å²) in [5.41, 5.74) is 0. The summed E-state index contributed by atoms with van der Waals surface area (Å²) in [5.74, 6) is -0.770. The molecule has 0 heterocycles. The Kier molecular flexibility index (Phi) is 64.7. The molecular formula is C74H145NO8P+. The van der Waals surface area contributed by atoms with Crippen molar-refractivity contribution >= 4 is 19.8 Å². The lowest BCUT2D eigenvalue weighted by molar-refractivity contribution is -0.870. The van der Waals surface area contributed by atoms with E-state index < -0.39 is 26.5 Å². The van der Waals surface area contributed by atoms with Gasteiger partial charge >= 0.3 is 19.8 Å². The molecule has 84 heavy (non-hydrogen) atoms. The summed E-state index contributed by atoms with van der Waals surface area (Å²) in [6.45, 7) is 4.51. The fourth-order valence-corrected chi connectivity index (χ4v) is 12.0. The highest BCUT2D eigenvalue weighted by Crippen LogP contribution is 2.43. The molecule has 0 aromatic rings. The average molecular weight is 1210 g/mol. The van der Waals surface area contributed by atoms with Gasteiger partial charge in [0.25, 0.3) is 0 Å². The van der Waals surface area contributed by atoms with E-state index in [1.54, 1.807) is 0 Å². The van der Waals surface area contributed by atoms with Gasteiger partial charge in [0.15, 0.2) is 6.10 Å². The number of rotatable bonds is 70. The van der Waals surface area contributed by atoms with Crippen LogP contribution in [0.1, 0.15) is 386 Å². The highest BCUT2D eigenvalue weighted by atomic mass is 31.2. The lowest BCUT2D eigenvalue weighted by Crippen LogP contribution is -2.37. The van der Waals surface area contributed by atoms with Gasteiger partial charge in [-0.05, 0) is 44.9 Å². The van der Waals surface area contributed by atoms with Gasteiger partial charge in [0.1, 0.15) is 19.8 Å². The summed E-state index contributed by atoms with van der Waals surface area (Å²) in [5, 5.41) is 0. The van der Waals surface area contributed by atoms with Gasteiger partial charge in [-0.25, -0.2) is 4.57 Å². The number of likely N-dealkylation sites (N-methyl/N-ethyl adjacent to an activating group) is 1.